The molecule has 0 radical (unpaired) electrons. The minimum absolute atomic E-state index is 0.514. The molecule has 0 saturated carbocycles. The molecule has 2 rings (SSSR count). The van der Waals surface area contributed by atoms with Gasteiger partial charge in [0.05, 0.1) is 5.57 Å². The van der Waals surface area contributed by atoms with Crippen LogP contribution in [-0.2, 0) is 11.8 Å². The molecule has 0 unspecified atom stereocenters. The number of nitrogens with zero attached hydrogens (tertiary/aromatic N) is 1. The third-order valence-corrected chi connectivity index (χ3v) is 3.02. The van der Waals surface area contributed by atoms with Crippen LogP contribution in [0.15, 0.2) is 66.9 Å². The maximum absolute atomic E-state index is 5.65. The van der Waals surface area contributed by atoms with Gasteiger partial charge >= 0.3 is 0 Å². The Morgan fingerprint density at radius 2 is 2.11 bits per heavy atom. The van der Waals surface area contributed by atoms with Crippen molar-refractivity contribution in [2.24, 2.45) is 7.05 Å². The fourth-order valence-electron chi connectivity index (χ4n) is 2.08. The van der Waals surface area contributed by atoms with E-state index >= 15 is 0 Å². The van der Waals surface area contributed by atoms with Crippen LogP contribution in [0.2, 0.25) is 0 Å². The zero-order valence-electron chi connectivity index (χ0n) is 11.4. The molecule has 1 aliphatic heterocycles. The molecule has 0 saturated heterocycles. The van der Waals surface area contributed by atoms with Crippen LogP contribution in [0.5, 0.6) is 0 Å². The summed E-state index contributed by atoms with van der Waals surface area (Å²) in [6.45, 7) is 10.6. The van der Waals surface area contributed by atoms with E-state index in [2.05, 4.69) is 42.1 Å². The quantitative estimate of drug-likeness (QED) is 0.780. The minimum atomic E-state index is 0.514. The van der Waals surface area contributed by atoms with Gasteiger partial charge in [-0.25, -0.2) is 4.57 Å². The van der Waals surface area contributed by atoms with E-state index in [1.54, 1.807) is 0 Å². The summed E-state index contributed by atoms with van der Waals surface area (Å²) in [5.41, 5.74) is 3.16. The lowest BCUT2D eigenvalue weighted by Gasteiger charge is -2.13. The van der Waals surface area contributed by atoms with E-state index in [0.29, 0.717) is 18.2 Å². The Hall–Kier alpha value is -2.29. The number of ether oxygens (including phenoxy) is 1. The molecule has 0 aromatic carbocycles. The molecule has 0 spiro atoms. The number of rotatable bonds is 1. The summed E-state index contributed by atoms with van der Waals surface area (Å²) in [6.07, 6.45) is 6.13. The van der Waals surface area contributed by atoms with Crippen LogP contribution in [0.25, 0.3) is 5.57 Å². The second-order valence-corrected chi connectivity index (χ2v) is 4.49. The van der Waals surface area contributed by atoms with Crippen molar-refractivity contribution >= 4 is 5.57 Å². The summed E-state index contributed by atoms with van der Waals surface area (Å²) in [6, 6.07) is 6.05. The van der Waals surface area contributed by atoms with Crippen molar-refractivity contribution in [1.82, 2.24) is 5.32 Å². The fourth-order valence-corrected chi connectivity index (χ4v) is 2.08. The van der Waals surface area contributed by atoms with E-state index in [1.165, 1.54) is 0 Å². The van der Waals surface area contributed by atoms with E-state index in [0.717, 1.165) is 16.8 Å². The van der Waals surface area contributed by atoms with E-state index < -0.39 is 0 Å². The van der Waals surface area contributed by atoms with Crippen molar-refractivity contribution in [2.45, 2.75) is 6.92 Å². The van der Waals surface area contributed by atoms with Crippen LogP contribution in [-0.4, -0.2) is 6.54 Å². The van der Waals surface area contributed by atoms with Crippen LogP contribution >= 0.6 is 0 Å². The highest BCUT2D eigenvalue weighted by Crippen LogP contribution is 2.26. The summed E-state index contributed by atoms with van der Waals surface area (Å²) in [5, 5.41) is 3.06. The Labute approximate surface area is 114 Å². The Kier molecular flexibility index (Phi) is 3.85. The van der Waals surface area contributed by atoms with Gasteiger partial charge in [0.25, 0.3) is 0 Å². The molecule has 0 aliphatic carbocycles. The molecule has 0 amide bonds. The highest BCUT2D eigenvalue weighted by molar-refractivity contribution is 5.77. The van der Waals surface area contributed by atoms with Gasteiger partial charge in [-0.3, -0.25) is 0 Å². The van der Waals surface area contributed by atoms with Crippen molar-refractivity contribution in [3.63, 3.8) is 0 Å². The number of nitrogens with one attached hydrogen (secondary N) is 1. The van der Waals surface area contributed by atoms with Crippen LogP contribution in [0.1, 0.15) is 12.6 Å². The molecule has 1 aliphatic rings. The zero-order valence-corrected chi connectivity index (χ0v) is 11.4. The molecular formula is C16H19N2O+. The first-order chi connectivity index (χ1) is 9.09. The first kappa shape index (κ1) is 13.1. The van der Waals surface area contributed by atoms with Gasteiger partial charge in [-0.1, -0.05) is 18.7 Å². The average Bonchev–Trinajstić information content (AvgIpc) is 2.42. The van der Waals surface area contributed by atoms with Gasteiger partial charge < -0.3 is 10.1 Å². The lowest BCUT2D eigenvalue weighted by atomic mass is 10.0. The molecule has 19 heavy (non-hydrogen) atoms. The first-order valence-corrected chi connectivity index (χ1v) is 6.22. The molecule has 0 fully saturated rings. The summed E-state index contributed by atoms with van der Waals surface area (Å²) in [7, 11) is 2.01. The van der Waals surface area contributed by atoms with E-state index in [-0.39, 0.29) is 0 Å². The SMILES string of the molecule is C=C1NC/C=C\C(C)=C(\c2cccc[n+]2C)C(=C)O1. The maximum atomic E-state index is 5.65. The molecule has 3 nitrogen and oxygen atoms in total. The van der Waals surface area contributed by atoms with Gasteiger partial charge in [-0.05, 0) is 25.1 Å². The van der Waals surface area contributed by atoms with E-state index in [9.17, 15) is 0 Å². The van der Waals surface area contributed by atoms with Gasteiger partial charge in [0.15, 0.2) is 12.1 Å². The topological polar surface area (TPSA) is 25.1 Å². The van der Waals surface area contributed by atoms with Crippen LogP contribution in [0.3, 0.4) is 0 Å². The Balaban J connectivity index is 2.54. The van der Waals surface area contributed by atoms with E-state index in [1.807, 2.05) is 31.5 Å². The molecule has 3 heteroatoms. The first-order valence-electron chi connectivity index (χ1n) is 6.22. The second-order valence-electron chi connectivity index (χ2n) is 4.49. The van der Waals surface area contributed by atoms with Crippen molar-refractivity contribution in [3.05, 3.63) is 72.6 Å². The van der Waals surface area contributed by atoms with Gasteiger partial charge in [-0.2, -0.15) is 0 Å². The lowest BCUT2D eigenvalue weighted by Crippen LogP contribution is -2.32. The van der Waals surface area contributed by atoms with Crippen molar-refractivity contribution in [2.75, 3.05) is 6.54 Å². The number of aromatic nitrogens is 1. The van der Waals surface area contributed by atoms with Gasteiger partial charge in [-0.15, -0.1) is 0 Å². The minimum Gasteiger partial charge on any atom is -0.442 e. The standard InChI is InChI=1S/C16H19N2O/c1-12-8-7-10-17-14(3)19-13(2)16(12)15-9-5-6-11-18(15)4/h5-9,11,17H,2-3,10H2,1,4H3/q+1/b8-7-,16-12+. The molecule has 1 aromatic rings. The average molecular weight is 255 g/mol. The van der Waals surface area contributed by atoms with Gasteiger partial charge in [0, 0.05) is 18.7 Å². The predicted octanol–water partition coefficient (Wildman–Crippen LogP) is 2.45. The van der Waals surface area contributed by atoms with Crippen LogP contribution in [0, 0.1) is 0 Å². The Morgan fingerprint density at radius 3 is 2.84 bits per heavy atom. The molecule has 1 N–H and O–H groups in total. The highest BCUT2D eigenvalue weighted by atomic mass is 16.5. The van der Waals surface area contributed by atoms with Crippen molar-refractivity contribution in [1.29, 1.82) is 0 Å². The number of hydrogen-bond donors (Lipinski definition) is 1. The highest BCUT2D eigenvalue weighted by Gasteiger charge is 2.19. The monoisotopic (exact) mass is 255 g/mol. The zero-order chi connectivity index (χ0) is 13.8. The van der Waals surface area contributed by atoms with Gasteiger partial charge in [0.2, 0.25) is 5.69 Å². The molecular weight excluding hydrogens is 236 g/mol. The lowest BCUT2D eigenvalue weighted by molar-refractivity contribution is -0.673. The van der Waals surface area contributed by atoms with Crippen molar-refractivity contribution < 1.29 is 9.30 Å². The fraction of sp³-hybridized carbons (Fsp3) is 0.188. The largest absolute Gasteiger partial charge is 0.442 e. The summed E-state index contributed by atoms with van der Waals surface area (Å²) >= 11 is 0. The van der Waals surface area contributed by atoms with Crippen molar-refractivity contribution in [3.8, 4) is 0 Å². The maximum Gasteiger partial charge on any atom is 0.216 e. The Bertz CT molecular complexity index is 582. The smallest absolute Gasteiger partial charge is 0.216 e. The Morgan fingerprint density at radius 1 is 1.32 bits per heavy atom. The normalized spacial score (nSPS) is 21.8. The van der Waals surface area contributed by atoms with Gasteiger partial charge in [0.1, 0.15) is 12.8 Å². The molecule has 2 heterocycles. The number of allylic oxidation sites excluding steroid dienone is 3. The molecule has 98 valence electrons. The number of pyridine rings is 1. The third-order valence-electron chi connectivity index (χ3n) is 3.02. The third kappa shape index (κ3) is 2.94. The van der Waals surface area contributed by atoms with Crippen LogP contribution in [0.4, 0.5) is 0 Å². The number of hydrogen-bond acceptors (Lipinski definition) is 2. The molecule has 0 atom stereocenters. The van der Waals surface area contributed by atoms with E-state index in [4.69, 9.17) is 4.74 Å². The summed E-state index contributed by atoms with van der Waals surface area (Å²) < 4.78 is 7.70. The second kappa shape index (κ2) is 5.57. The number of aryl methyl sites for hydroxylation is 1. The summed E-state index contributed by atoms with van der Waals surface area (Å²) in [4.78, 5) is 0. The van der Waals surface area contributed by atoms with Crippen LogP contribution < -0.4 is 9.88 Å². The summed E-state index contributed by atoms with van der Waals surface area (Å²) in [5.74, 6) is 1.11. The molecule has 1 aromatic heterocycles. The predicted molar refractivity (Wildman–Crippen MR) is 76.7 cm³/mol. The molecule has 0 bridgehead atoms.